The van der Waals surface area contributed by atoms with Crippen LogP contribution in [0.25, 0.3) is 0 Å². The molecule has 0 fully saturated rings. The summed E-state index contributed by atoms with van der Waals surface area (Å²) in [6.45, 7) is -0.181. The van der Waals surface area contributed by atoms with Crippen LogP contribution >= 0.6 is 0 Å². The molecular formula is C23H20F5N3O4. The number of alkyl halides is 5. The highest BCUT2D eigenvalue weighted by Gasteiger charge is 2.42. The first-order valence-electron chi connectivity index (χ1n) is 10.2. The van der Waals surface area contributed by atoms with Crippen LogP contribution in [0, 0.1) is 0 Å². The summed E-state index contributed by atoms with van der Waals surface area (Å²) in [7, 11) is 1.14. The number of nitrogens with zero attached hydrogens (tertiary/aromatic N) is 2. The van der Waals surface area contributed by atoms with Crippen molar-refractivity contribution >= 4 is 11.7 Å². The van der Waals surface area contributed by atoms with E-state index in [9.17, 15) is 31.5 Å². The standard InChI is InChI=1S/C23H20F5N3O4/c1-12(14-7-9-15(10-8-14)13(2)32)29-20(33)18-19(23(26,27)28)30-31(3)21(18)34-16-5-4-6-17(11-16)35-22(24)25/h4-12,22H,1-3H3,(H,29,33)/t12-/m0/s1. The number of aryl methyl sites for hydroxylation is 1. The SMILES string of the molecule is CC(=O)c1ccc([C@H](C)NC(=O)c2c(C(F)(F)F)nn(C)c2Oc2cccc(OC(F)F)c2)cc1. The molecule has 0 aliphatic heterocycles. The number of carbonyl (C=O) groups is 2. The van der Waals surface area contributed by atoms with Crippen LogP contribution in [-0.4, -0.2) is 28.1 Å². The van der Waals surface area contributed by atoms with Crippen LogP contribution in [0.5, 0.6) is 17.4 Å². The molecule has 0 unspecified atom stereocenters. The van der Waals surface area contributed by atoms with Gasteiger partial charge in [-0.05, 0) is 31.5 Å². The van der Waals surface area contributed by atoms with Crippen molar-refractivity contribution in [3.63, 3.8) is 0 Å². The molecule has 35 heavy (non-hydrogen) atoms. The minimum atomic E-state index is -4.99. The van der Waals surface area contributed by atoms with Crippen LogP contribution in [0.4, 0.5) is 22.0 Å². The number of hydrogen-bond donors (Lipinski definition) is 1. The topological polar surface area (TPSA) is 82.5 Å². The third-order valence-corrected chi connectivity index (χ3v) is 4.90. The van der Waals surface area contributed by atoms with E-state index in [2.05, 4.69) is 15.2 Å². The maximum absolute atomic E-state index is 13.7. The van der Waals surface area contributed by atoms with Gasteiger partial charge in [-0.25, -0.2) is 4.68 Å². The largest absolute Gasteiger partial charge is 0.438 e. The lowest BCUT2D eigenvalue weighted by Crippen LogP contribution is -2.28. The van der Waals surface area contributed by atoms with Crippen LogP contribution in [0.2, 0.25) is 0 Å². The van der Waals surface area contributed by atoms with Gasteiger partial charge in [0.2, 0.25) is 5.88 Å². The van der Waals surface area contributed by atoms with Crippen molar-refractivity contribution in [1.29, 1.82) is 0 Å². The lowest BCUT2D eigenvalue weighted by Gasteiger charge is -2.16. The van der Waals surface area contributed by atoms with Crippen molar-refractivity contribution in [2.45, 2.75) is 32.7 Å². The maximum Gasteiger partial charge on any atom is 0.436 e. The van der Waals surface area contributed by atoms with Crippen LogP contribution in [0.15, 0.2) is 48.5 Å². The van der Waals surface area contributed by atoms with E-state index in [1.807, 2.05) is 0 Å². The van der Waals surface area contributed by atoms with E-state index in [-0.39, 0.29) is 17.3 Å². The van der Waals surface area contributed by atoms with Crippen LogP contribution in [0.3, 0.4) is 0 Å². The lowest BCUT2D eigenvalue weighted by molar-refractivity contribution is -0.141. The Kier molecular flexibility index (Phi) is 7.42. The molecule has 2 aromatic carbocycles. The minimum absolute atomic E-state index is 0.151. The van der Waals surface area contributed by atoms with E-state index in [1.165, 1.54) is 37.3 Å². The zero-order valence-corrected chi connectivity index (χ0v) is 18.7. The van der Waals surface area contributed by atoms with Crippen molar-refractivity contribution in [3.8, 4) is 17.4 Å². The number of carbonyl (C=O) groups excluding carboxylic acids is 2. The molecule has 0 aliphatic carbocycles. The summed E-state index contributed by atoms with van der Waals surface area (Å²) >= 11 is 0. The number of amides is 1. The highest BCUT2D eigenvalue weighted by Crippen LogP contribution is 2.38. The minimum Gasteiger partial charge on any atom is -0.438 e. The number of halogens is 5. The molecule has 0 spiro atoms. The highest BCUT2D eigenvalue weighted by molar-refractivity contribution is 5.98. The number of aromatic nitrogens is 2. The Balaban J connectivity index is 1.94. The zero-order chi connectivity index (χ0) is 25.9. The van der Waals surface area contributed by atoms with Crippen molar-refractivity contribution in [1.82, 2.24) is 15.1 Å². The number of Topliss-reactive ketones (excluding diaryl/α,β-unsaturated/α-hetero) is 1. The molecular weight excluding hydrogens is 477 g/mol. The Morgan fingerprint density at radius 2 is 1.69 bits per heavy atom. The van der Waals surface area contributed by atoms with Gasteiger partial charge in [0.15, 0.2) is 11.5 Å². The molecule has 0 saturated carbocycles. The zero-order valence-electron chi connectivity index (χ0n) is 18.7. The molecule has 3 rings (SSSR count). The van der Waals surface area contributed by atoms with Crippen LogP contribution in [-0.2, 0) is 13.2 Å². The van der Waals surface area contributed by atoms with Gasteiger partial charge in [-0.2, -0.15) is 27.1 Å². The summed E-state index contributed by atoms with van der Waals surface area (Å²) in [6, 6.07) is 10.3. The Hall–Kier alpha value is -3.96. The molecule has 1 aromatic heterocycles. The smallest absolute Gasteiger partial charge is 0.436 e. The number of nitrogens with one attached hydrogen (secondary N) is 1. The Morgan fingerprint density at radius 1 is 1.06 bits per heavy atom. The fourth-order valence-corrected chi connectivity index (χ4v) is 3.21. The quantitative estimate of drug-likeness (QED) is 0.327. The second kappa shape index (κ2) is 10.1. The molecule has 0 aliphatic rings. The van der Waals surface area contributed by atoms with Crippen molar-refractivity contribution in [2.24, 2.45) is 7.05 Å². The predicted octanol–water partition coefficient (Wildman–Crippen LogP) is 5.53. The van der Waals surface area contributed by atoms with E-state index >= 15 is 0 Å². The molecule has 1 N–H and O–H groups in total. The van der Waals surface area contributed by atoms with E-state index < -0.39 is 41.9 Å². The van der Waals surface area contributed by atoms with E-state index in [1.54, 1.807) is 19.1 Å². The van der Waals surface area contributed by atoms with Crippen LogP contribution < -0.4 is 14.8 Å². The summed E-state index contributed by atoms with van der Waals surface area (Å²) in [4.78, 5) is 24.4. The van der Waals surface area contributed by atoms with Crippen molar-refractivity contribution in [2.75, 3.05) is 0 Å². The van der Waals surface area contributed by atoms with Crippen molar-refractivity contribution in [3.05, 3.63) is 70.9 Å². The molecule has 186 valence electrons. The van der Waals surface area contributed by atoms with Crippen molar-refractivity contribution < 1.29 is 41.0 Å². The average Bonchev–Trinajstić information content (AvgIpc) is 3.10. The predicted molar refractivity (Wildman–Crippen MR) is 114 cm³/mol. The van der Waals surface area contributed by atoms with E-state index in [0.29, 0.717) is 11.1 Å². The molecule has 0 bridgehead atoms. The molecule has 7 nitrogen and oxygen atoms in total. The van der Waals surface area contributed by atoms with E-state index in [4.69, 9.17) is 4.74 Å². The molecule has 0 saturated heterocycles. The summed E-state index contributed by atoms with van der Waals surface area (Å²) in [5.41, 5.74) is -1.38. The molecule has 1 heterocycles. The lowest BCUT2D eigenvalue weighted by atomic mass is 10.0. The van der Waals surface area contributed by atoms with Gasteiger partial charge in [-0.1, -0.05) is 30.3 Å². The number of ether oxygens (including phenoxy) is 2. The maximum atomic E-state index is 13.7. The summed E-state index contributed by atoms with van der Waals surface area (Å²) in [5, 5.41) is 5.87. The summed E-state index contributed by atoms with van der Waals surface area (Å²) < 4.78 is 76.5. The number of hydrogen-bond acceptors (Lipinski definition) is 5. The van der Waals surface area contributed by atoms with Gasteiger partial charge in [0.05, 0.1) is 6.04 Å². The summed E-state index contributed by atoms with van der Waals surface area (Å²) in [6.07, 6.45) is -4.99. The van der Waals surface area contributed by atoms with Gasteiger partial charge in [-0.15, -0.1) is 0 Å². The molecule has 1 amide bonds. The third kappa shape index (κ3) is 6.14. The second-order valence-electron chi connectivity index (χ2n) is 7.48. The van der Waals surface area contributed by atoms with Gasteiger partial charge in [0, 0.05) is 18.7 Å². The fraction of sp³-hybridized carbons (Fsp3) is 0.261. The highest BCUT2D eigenvalue weighted by atomic mass is 19.4. The average molecular weight is 497 g/mol. The Labute approximate surface area is 196 Å². The first kappa shape index (κ1) is 25.7. The first-order chi connectivity index (χ1) is 16.4. The Morgan fingerprint density at radius 3 is 2.26 bits per heavy atom. The van der Waals surface area contributed by atoms with Gasteiger partial charge >= 0.3 is 12.8 Å². The normalized spacial score (nSPS) is 12.4. The number of ketones is 1. The summed E-state index contributed by atoms with van der Waals surface area (Å²) in [5.74, 6) is -2.28. The third-order valence-electron chi connectivity index (χ3n) is 4.90. The monoisotopic (exact) mass is 497 g/mol. The fourth-order valence-electron chi connectivity index (χ4n) is 3.21. The van der Waals surface area contributed by atoms with Gasteiger partial charge in [0.25, 0.3) is 5.91 Å². The van der Waals surface area contributed by atoms with Crippen LogP contribution in [0.1, 0.15) is 51.9 Å². The van der Waals surface area contributed by atoms with Gasteiger partial charge in [0.1, 0.15) is 17.1 Å². The Bertz CT molecular complexity index is 1220. The van der Waals surface area contributed by atoms with Gasteiger partial charge < -0.3 is 14.8 Å². The molecule has 3 aromatic rings. The first-order valence-corrected chi connectivity index (χ1v) is 10.2. The second-order valence-corrected chi connectivity index (χ2v) is 7.48. The number of rotatable bonds is 8. The van der Waals surface area contributed by atoms with Gasteiger partial charge in [-0.3, -0.25) is 9.59 Å². The molecule has 12 heteroatoms. The molecule has 1 atom stereocenters. The number of benzene rings is 2. The molecule has 0 radical (unpaired) electrons. The van der Waals surface area contributed by atoms with E-state index in [0.717, 1.165) is 17.8 Å².